The molecule has 0 heterocycles. The lowest BCUT2D eigenvalue weighted by atomic mass is 10.1. The Balaban J connectivity index is 2.21. The molecule has 2 nitrogen and oxygen atoms in total. The van der Waals surface area contributed by atoms with Gasteiger partial charge in [0.25, 0.3) is 0 Å². The number of halogens is 3. The molecule has 0 bridgehead atoms. The first-order valence-electron chi connectivity index (χ1n) is 5.47. The Labute approximate surface area is 120 Å². The van der Waals surface area contributed by atoms with Crippen LogP contribution in [0.3, 0.4) is 0 Å². The van der Waals surface area contributed by atoms with Crippen LogP contribution < -0.4 is 5.32 Å². The molecule has 0 unspecified atom stereocenters. The third-order valence-electron chi connectivity index (χ3n) is 2.58. The van der Waals surface area contributed by atoms with Gasteiger partial charge in [-0.25, -0.2) is 4.39 Å². The van der Waals surface area contributed by atoms with Crippen molar-refractivity contribution >= 4 is 28.9 Å². The van der Waals surface area contributed by atoms with Crippen molar-refractivity contribution < 1.29 is 4.39 Å². The van der Waals surface area contributed by atoms with E-state index in [2.05, 4.69) is 5.32 Å². The summed E-state index contributed by atoms with van der Waals surface area (Å²) in [6.45, 7) is 0.224. The lowest BCUT2D eigenvalue weighted by molar-refractivity contribution is 0.613. The van der Waals surface area contributed by atoms with Crippen LogP contribution in [0.4, 0.5) is 10.1 Å². The third-order valence-corrected chi connectivity index (χ3v) is 3.05. The van der Waals surface area contributed by atoms with E-state index >= 15 is 0 Å². The molecule has 0 atom stereocenters. The third kappa shape index (κ3) is 3.37. The highest BCUT2D eigenvalue weighted by molar-refractivity contribution is 6.31. The molecule has 0 spiro atoms. The Morgan fingerprint density at radius 3 is 2.53 bits per heavy atom. The first-order chi connectivity index (χ1) is 9.10. The smallest absolute Gasteiger partial charge is 0.128 e. The maximum atomic E-state index is 13.5. The van der Waals surface area contributed by atoms with Gasteiger partial charge < -0.3 is 5.32 Å². The monoisotopic (exact) mass is 294 g/mol. The molecule has 96 valence electrons. The van der Waals surface area contributed by atoms with Gasteiger partial charge >= 0.3 is 0 Å². The zero-order chi connectivity index (χ0) is 13.8. The van der Waals surface area contributed by atoms with Crippen molar-refractivity contribution in [2.75, 3.05) is 5.32 Å². The fourth-order valence-electron chi connectivity index (χ4n) is 1.63. The average Bonchev–Trinajstić information content (AvgIpc) is 2.40. The van der Waals surface area contributed by atoms with Gasteiger partial charge in [-0.05, 0) is 36.4 Å². The topological polar surface area (TPSA) is 35.8 Å². The SMILES string of the molecule is N#Cc1ccc(Cl)cc1NCc1cc(Cl)ccc1F. The number of rotatable bonds is 3. The second kappa shape index (κ2) is 5.92. The van der Waals surface area contributed by atoms with E-state index in [-0.39, 0.29) is 12.4 Å². The van der Waals surface area contributed by atoms with Crippen LogP contribution >= 0.6 is 23.2 Å². The van der Waals surface area contributed by atoms with Crippen LogP contribution in [0.15, 0.2) is 36.4 Å². The highest BCUT2D eigenvalue weighted by Gasteiger charge is 2.06. The van der Waals surface area contributed by atoms with Gasteiger partial charge in [0.15, 0.2) is 0 Å². The molecule has 0 radical (unpaired) electrons. The number of nitrogens with zero attached hydrogens (tertiary/aromatic N) is 1. The van der Waals surface area contributed by atoms with Crippen LogP contribution in [0, 0.1) is 17.1 Å². The molecular weight excluding hydrogens is 286 g/mol. The summed E-state index contributed by atoms with van der Waals surface area (Å²) in [5.74, 6) is -0.350. The van der Waals surface area contributed by atoms with Gasteiger partial charge in [0.2, 0.25) is 0 Å². The summed E-state index contributed by atoms with van der Waals surface area (Å²) in [5, 5.41) is 12.9. The van der Waals surface area contributed by atoms with Crippen LogP contribution in [0.25, 0.3) is 0 Å². The van der Waals surface area contributed by atoms with E-state index in [9.17, 15) is 4.39 Å². The van der Waals surface area contributed by atoms with Gasteiger partial charge in [0, 0.05) is 22.2 Å². The minimum atomic E-state index is -0.350. The number of nitriles is 1. The van der Waals surface area contributed by atoms with Crippen LogP contribution in [0.2, 0.25) is 10.0 Å². The summed E-state index contributed by atoms with van der Waals surface area (Å²) in [7, 11) is 0. The zero-order valence-electron chi connectivity index (χ0n) is 9.75. The van der Waals surface area contributed by atoms with Crippen molar-refractivity contribution in [3.63, 3.8) is 0 Å². The molecule has 0 aromatic heterocycles. The minimum Gasteiger partial charge on any atom is -0.380 e. The lowest BCUT2D eigenvalue weighted by Crippen LogP contribution is -2.03. The molecule has 0 fully saturated rings. The van der Waals surface area contributed by atoms with Crippen LogP contribution in [-0.4, -0.2) is 0 Å². The molecule has 2 aromatic rings. The molecule has 0 amide bonds. The highest BCUT2D eigenvalue weighted by atomic mass is 35.5. The van der Waals surface area contributed by atoms with E-state index in [0.717, 1.165) is 0 Å². The summed E-state index contributed by atoms with van der Waals surface area (Å²) in [6, 6.07) is 11.2. The predicted octanol–water partition coefficient (Wildman–Crippen LogP) is 4.62. The standard InChI is InChI=1S/C14H9Cl2FN2/c15-11-3-4-13(17)10(5-11)8-19-14-6-12(16)2-1-9(14)7-18/h1-6,19H,8H2. The predicted molar refractivity (Wildman–Crippen MR) is 74.9 cm³/mol. The largest absolute Gasteiger partial charge is 0.380 e. The lowest BCUT2D eigenvalue weighted by Gasteiger charge is -2.09. The van der Waals surface area contributed by atoms with Crippen LogP contribution in [0.5, 0.6) is 0 Å². The first kappa shape index (κ1) is 13.7. The van der Waals surface area contributed by atoms with Gasteiger partial charge in [-0.15, -0.1) is 0 Å². The maximum Gasteiger partial charge on any atom is 0.128 e. The summed E-state index contributed by atoms with van der Waals surface area (Å²) in [5.41, 5.74) is 1.44. The van der Waals surface area contributed by atoms with E-state index in [1.54, 1.807) is 24.3 Å². The van der Waals surface area contributed by atoms with E-state index in [1.165, 1.54) is 12.1 Å². The van der Waals surface area contributed by atoms with Crippen molar-refractivity contribution in [2.45, 2.75) is 6.54 Å². The van der Waals surface area contributed by atoms with Crippen LogP contribution in [-0.2, 0) is 6.54 Å². The molecule has 0 aliphatic rings. The van der Waals surface area contributed by atoms with Gasteiger partial charge in [0.05, 0.1) is 11.3 Å². The number of benzene rings is 2. The molecule has 2 rings (SSSR count). The number of hydrogen-bond acceptors (Lipinski definition) is 2. The first-order valence-corrected chi connectivity index (χ1v) is 6.23. The Morgan fingerprint density at radius 2 is 1.79 bits per heavy atom. The second-order valence-corrected chi connectivity index (χ2v) is 4.76. The second-order valence-electron chi connectivity index (χ2n) is 3.89. The van der Waals surface area contributed by atoms with E-state index in [4.69, 9.17) is 28.5 Å². The molecule has 0 aliphatic heterocycles. The molecule has 5 heteroatoms. The van der Waals surface area contributed by atoms with E-state index in [0.29, 0.717) is 26.9 Å². The number of hydrogen-bond donors (Lipinski definition) is 1. The van der Waals surface area contributed by atoms with Crippen molar-refractivity contribution in [1.29, 1.82) is 5.26 Å². The van der Waals surface area contributed by atoms with Crippen molar-refractivity contribution in [3.05, 3.63) is 63.4 Å². The summed E-state index contributed by atoms with van der Waals surface area (Å²) in [6.07, 6.45) is 0. The number of anilines is 1. The Kier molecular flexibility index (Phi) is 4.26. The van der Waals surface area contributed by atoms with Crippen molar-refractivity contribution in [3.8, 4) is 6.07 Å². The molecule has 0 saturated heterocycles. The maximum absolute atomic E-state index is 13.5. The molecule has 19 heavy (non-hydrogen) atoms. The van der Waals surface area contributed by atoms with E-state index in [1.807, 2.05) is 6.07 Å². The molecule has 1 N–H and O–H groups in total. The van der Waals surface area contributed by atoms with E-state index < -0.39 is 0 Å². The highest BCUT2D eigenvalue weighted by Crippen LogP contribution is 2.22. The summed E-state index contributed by atoms with van der Waals surface area (Å²) >= 11 is 11.7. The fraction of sp³-hybridized carbons (Fsp3) is 0.0714. The normalized spacial score (nSPS) is 10.0. The summed E-state index contributed by atoms with van der Waals surface area (Å²) in [4.78, 5) is 0. The summed E-state index contributed by atoms with van der Waals surface area (Å²) < 4.78 is 13.5. The Morgan fingerprint density at radius 1 is 1.11 bits per heavy atom. The zero-order valence-corrected chi connectivity index (χ0v) is 11.3. The molecule has 0 saturated carbocycles. The van der Waals surface area contributed by atoms with Gasteiger partial charge in [-0.2, -0.15) is 5.26 Å². The van der Waals surface area contributed by atoms with Gasteiger partial charge in [-0.3, -0.25) is 0 Å². The minimum absolute atomic E-state index is 0.224. The van der Waals surface area contributed by atoms with Crippen molar-refractivity contribution in [1.82, 2.24) is 0 Å². The molecular formula is C14H9Cl2FN2. The molecule has 2 aromatic carbocycles. The fourth-order valence-corrected chi connectivity index (χ4v) is 2.00. The van der Waals surface area contributed by atoms with Crippen molar-refractivity contribution in [2.24, 2.45) is 0 Å². The van der Waals surface area contributed by atoms with Crippen LogP contribution in [0.1, 0.15) is 11.1 Å². The van der Waals surface area contributed by atoms with Gasteiger partial charge in [-0.1, -0.05) is 23.2 Å². The average molecular weight is 295 g/mol. The van der Waals surface area contributed by atoms with Gasteiger partial charge in [0.1, 0.15) is 11.9 Å². The molecule has 0 aliphatic carbocycles. The quantitative estimate of drug-likeness (QED) is 0.897. The Bertz CT molecular complexity index is 650. The number of nitrogens with one attached hydrogen (secondary N) is 1. The Hall–Kier alpha value is -1.76.